The molecule has 0 unspecified atom stereocenters. The van der Waals surface area contributed by atoms with Gasteiger partial charge in [0, 0.05) is 13.6 Å². The topological polar surface area (TPSA) is 59.2 Å². The van der Waals surface area contributed by atoms with Crippen molar-refractivity contribution in [1.82, 2.24) is 9.88 Å². The summed E-state index contributed by atoms with van der Waals surface area (Å²) >= 11 is 0. The Balaban J connectivity index is 0.00000144. The molecule has 0 saturated heterocycles. The first kappa shape index (κ1) is 13.8. The number of nitrogen functional groups attached to an aromatic ring is 1. The molecule has 1 aromatic heterocycles. The van der Waals surface area contributed by atoms with E-state index in [1.165, 1.54) is 25.5 Å². The Hall–Kier alpha value is -1.29. The number of aromatic nitrogens is 1. The molecule has 0 spiro atoms. The summed E-state index contributed by atoms with van der Waals surface area (Å²) in [5, 5.41) is 0. The van der Waals surface area contributed by atoms with E-state index >= 15 is 0 Å². The Morgan fingerprint density at radius 2 is 2.24 bits per heavy atom. The zero-order chi connectivity index (χ0) is 11.5. The minimum Gasteiger partial charge on any atom is -0.397 e. The molecule has 17 heavy (non-hydrogen) atoms. The molecule has 94 valence electrons. The molecule has 1 aliphatic rings. The van der Waals surface area contributed by atoms with Crippen LogP contribution in [0.5, 0.6) is 0 Å². The summed E-state index contributed by atoms with van der Waals surface area (Å²) in [5.74, 6) is 0.662. The highest BCUT2D eigenvalue weighted by atomic mass is 35.5. The van der Waals surface area contributed by atoms with Crippen molar-refractivity contribution in [3.63, 3.8) is 0 Å². The maximum absolute atomic E-state index is 12.0. The maximum atomic E-state index is 12.0. The van der Waals surface area contributed by atoms with E-state index in [1.54, 1.807) is 17.0 Å². The molecule has 1 saturated carbocycles. The van der Waals surface area contributed by atoms with Gasteiger partial charge in [0.1, 0.15) is 5.69 Å². The van der Waals surface area contributed by atoms with Gasteiger partial charge in [0.15, 0.2) is 0 Å². The average molecular weight is 256 g/mol. The van der Waals surface area contributed by atoms with E-state index < -0.39 is 0 Å². The molecule has 0 atom stereocenters. The smallest absolute Gasteiger partial charge is 0.272 e. The van der Waals surface area contributed by atoms with Gasteiger partial charge in [-0.1, -0.05) is 6.42 Å². The van der Waals surface area contributed by atoms with Gasteiger partial charge >= 0.3 is 0 Å². The van der Waals surface area contributed by atoms with E-state index in [4.69, 9.17) is 5.73 Å². The highest BCUT2D eigenvalue weighted by Crippen LogP contribution is 2.26. The molecular formula is C12H18ClN3O. The van der Waals surface area contributed by atoms with Crippen molar-refractivity contribution in [3.05, 3.63) is 24.0 Å². The van der Waals surface area contributed by atoms with E-state index in [0.717, 1.165) is 6.54 Å². The van der Waals surface area contributed by atoms with Gasteiger partial charge in [0.2, 0.25) is 0 Å². The van der Waals surface area contributed by atoms with Crippen LogP contribution in [-0.4, -0.2) is 29.4 Å². The quantitative estimate of drug-likeness (QED) is 0.898. The predicted octanol–water partition coefficient (Wildman–Crippen LogP) is 1.96. The van der Waals surface area contributed by atoms with E-state index in [-0.39, 0.29) is 18.3 Å². The Kier molecular flexibility index (Phi) is 4.75. The van der Waals surface area contributed by atoms with Gasteiger partial charge in [-0.25, -0.2) is 4.98 Å². The molecule has 1 heterocycles. The Bertz CT molecular complexity index is 376. The lowest BCUT2D eigenvalue weighted by molar-refractivity contribution is 0.0739. The Morgan fingerprint density at radius 1 is 1.53 bits per heavy atom. The number of rotatable bonds is 3. The van der Waals surface area contributed by atoms with Crippen molar-refractivity contribution in [2.24, 2.45) is 5.92 Å². The van der Waals surface area contributed by atoms with Gasteiger partial charge in [-0.15, -0.1) is 12.4 Å². The summed E-state index contributed by atoms with van der Waals surface area (Å²) in [6.45, 7) is 0.838. The van der Waals surface area contributed by atoms with E-state index in [2.05, 4.69) is 4.98 Å². The summed E-state index contributed by atoms with van der Waals surface area (Å²) in [5.41, 5.74) is 6.58. The van der Waals surface area contributed by atoms with Crippen LogP contribution in [0.2, 0.25) is 0 Å². The number of pyridine rings is 1. The number of halogens is 1. The van der Waals surface area contributed by atoms with Gasteiger partial charge in [-0.2, -0.15) is 0 Å². The normalized spacial score (nSPS) is 14.6. The van der Waals surface area contributed by atoms with Crippen LogP contribution >= 0.6 is 12.4 Å². The molecular weight excluding hydrogens is 238 g/mol. The molecule has 4 nitrogen and oxygen atoms in total. The SMILES string of the molecule is CN(CC1CCC1)C(=O)c1ccc(N)cn1.Cl. The monoisotopic (exact) mass is 255 g/mol. The van der Waals surface area contributed by atoms with E-state index in [1.807, 2.05) is 7.05 Å². The number of hydrogen-bond acceptors (Lipinski definition) is 3. The molecule has 0 aliphatic heterocycles. The summed E-state index contributed by atoms with van der Waals surface area (Å²) in [6.07, 6.45) is 5.30. The zero-order valence-electron chi connectivity index (χ0n) is 9.93. The number of nitrogens with zero attached hydrogens (tertiary/aromatic N) is 2. The van der Waals surface area contributed by atoms with Crippen LogP contribution in [0, 0.1) is 5.92 Å². The van der Waals surface area contributed by atoms with Crippen LogP contribution < -0.4 is 5.73 Å². The van der Waals surface area contributed by atoms with Crippen molar-refractivity contribution in [2.75, 3.05) is 19.3 Å². The minimum atomic E-state index is -0.0214. The van der Waals surface area contributed by atoms with E-state index in [9.17, 15) is 4.79 Å². The first-order chi connectivity index (χ1) is 7.66. The fourth-order valence-electron chi connectivity index (χ4n) is 1.87. The molecule has 0 aromatic carbocycles. The second-order valence-corrected chi connectivity index (χ2v) is 4.46. The third-order valence-electron chi connectivity index (χ3n) is 3.11. The van der Waals surface area contributed by atoms with Crippen molar-refractivity contribution in [1.29, 1.82) is 0 Å². The van der Waals surface area contributed by atoms with Crippen LogP contribution in [0.3, 0.4) is 0 Å². The summed E-state index contributed by atoms with van der Waals surface area (Å²) in [7, 11) is 1.83. The van der Waals surface area contributed by atoms with Crippen LogP contribution in [0.1, 0.15) is 29.8 Å². The second-order valence-electron chi connectivity index (χ2n) is 4.46. The first-order valence-corrected chi connectivity index (χ1v) is 5.64. The fraction of sp³-hybridized carbons (Fsp3) is 0.500. The highest BCUT2D eigenvalue weighted by Gasteiger charge is 2.22. The molecule has 5 heteroatoms. The van der Waals surface area contributed by atoms with Crippen molar-refractivity contribution in [2.45, 2.75) is 19.3 Å². The first-order valence-electron chi connectivity index (χ1n) is 5.64. The van der Waals surface area contributed by atoms with Crippen LogP contribution in [0.15, 0.2) is 18.3 Å². The second kappa shape index (κ2) is 5.87. The number of nitrogens with two attached hydrogens (primary N) is 1. The standard InChI is InChI=1S/C12H17N3O.ClH/c1-15(8-9-3-2-4-9)12(16)11-6-5-10(13)7-14-11;/h5-7,9H,2-4,8,13H2,1H3;1H. The Labute approximate surface area is 108 Å². The minimum absolute atomic E-state index is 0. The number of carbonyl (C=O) groups is 1. The van der Waals surface area contributed by atoms with Gasteiger partial charge in [-0.3, -0.25) is 4.79 Å². The molecule has 0 radical (unpaired) electrons. The van der Waals surface area contributed by atoms with Gasteiger partial charge in [-0.05, 0) is 30.9 Å². The molecule has 2 N–H and O–H groups in total. The van der Waals surface area contributed by atoms with Gasteiger partial charge < -0.3 is 10.6 Å². The third-order valence-corrected chi connectivity index (χ3v) is 3.11. The highest BCUT2D eigenvalue weighted by molar-refractivity contribution is 5.92. The summed E-state index contributed by atoms with van der Waals surface area (Å²) < 4.78 is 0. The van der Waals surface area contributed by atoms with Crippen molar-refractivity contribution < 1.29 is 4.79 Å². The number of anilines is 1. The molecule has 1 amide bonds. The summed E-state index contributed by atoms with van der Waals surface area (Å²) in [6, 6.07) is 3.38. The zero-order valence-corrected chi connectivity index (χ0v) is 10.7. The van der Waals surface area contributed by atoms with Crippen LogP contribution in [-0.2, 0) is 0 Å². The van der Waals surface area contributed by atoms with Crippen molar-refractivity contribution >= 4 is 24.0 Å². The fourth-order valence-corrected chi connectivity index (χ4v) is 1.87. The van der Waals surface area contributed by atoms with Crippen LogP contribution in [0.4, 0.5) is 5.69 Å². The van der Waals surface area contributed by atoms with E-state index in [0.29, 0.717) is 17.3 Å². The molecule has 1 aromatic rings. The maximum Gasteiger partial charge on any atom is 0.272 e. The summed E-state index contributed by atoms with van der Waals surface area (Å²) in [4.78, 5) is 17.7. The number of hydrogen-bond donors (Lipinski definition) is 1. The lowest BCUT2D eigenvalue weighted by Gasteiger charge is -2.29. The van der Waals surface area contributed by atoms with Gasteiger partial charge in [0.05, 0.1) is 11.9 Å². The third kappa shape index (κ3) is 3.33. The number of carbonyl (C=O) groups excluding carboxylic acids is 1. The number of amides is 1. The van der Waals surface area contributed by atoms with Crippen LogP contribution in [0.25, 0.3) is 0 Å². The molecule has 1 fully saturated rings. The Morgan fingerprint density at radius 3 is 2.71 bits per heavy atom. The van der Waals surface area contributed by atoms with Gasteiger partial charge in [0.25, 0.3) is 5.91 Å². The molecule has 1 aliphatic carbocycles. The predicted molar refractivity (Wildman–Crippen MR) is 70.2 cm³/mol. The molecule has 0 bridgehead atoms. The lowest BCUT2D eigenvalue weighted by Crippen LogP contribution is -2.34. The lowest BCUT2D eigenvalue weighted by atomic mass is 9.85. The average Bonchev–Trinajstić information content (AvgIpc) is 2.23. The van der Waals surface area contributed by atoms with Crippen molar-refractivity contribution in [3.8, 4) is 0 Å². The molecule has 2 rings (SSSR count). The largest absolute Gasteiger partial charge is 0.397 e.